The summed E-state index contributed by atoms with van der Waals surface area (Å²) >= 11 is 4.93. The van der Waals surface area contributed by atoms with Crippen molar-refractivity contribution in [2.24, 2.45) is 0 Å². The SMILES string of the molecule is Cc1cc(Br)cc(C)c1OCC(=O)Nc1nc2c(C)c(C)ccc2s1. The van der Waals surface area contributed by atoms with Crippen LogP contribution >= 0.6 is 27.3 Å². The zero-order chi connectivity index (χ0) is 18.1. The summed E-state index contributed by atoms with van der Waals surface area (Å²) in [7, 11) is 0. The van der Waals surface area contributed by atoms with Crippen molar-refractivity contribution in [3.8, 4) is 5.75 Å². The van der Waals surface area contributed by atoms with E-state index in [1.165, 1.54) is 16.9 Å². The molecular formula is C19H19BrN2O2S. The second-order valence-electron chi connectivity index (χ2n) is 6.08. The molecule has 3 rings (SSSR count). The van der Waals surface area contributed by atoms with Crippen LogP contribution in [0.5, 0.6) is 5.75 Å². The van der Waals surface area contributed by atoms with Gasteiger partial charge < -0.3 is 4.74 Å². The second kappa shape index (κ2) is 7.14. The van der Waals surface area contributed by atoms with Crippen LogP contribution in [0.2, 0.25) is 0 Å². The van der Waals surface area contributed by atoms with E-state index in [9.17, 15) is 4.79 Å². The molecule has 0 atom stereocenters. The van der Waals surface area contributed by atoms with Gasteiger partial charge in [0.15, 0.2) is 11.7 Å². The first-order valence-corrected chi connectivity index (χ1v) is 9.52. The Bertz CT molecular complexity index is 942. The number of carbonyl (C=O) groups excluding carboxylic acids is 1. The summed E-state index contributed by atoms with van der Waals surface area (Å²) < 4.78 is 7.79. The summed E-state index contributed by atoms with van der Waals surface area (Å²) in [6, 6.07) is 8.05. The fourth-order valence-corrected chi connectivity index (χ4v) is 4.33. The van der Waals surface area contributed by atoms with Crippen LogP contribution in [-0.4, -0.2) is 17.5 Å². The number of nitrogens with one attached hydrogen (secondary N) is 1. The number of carbonyl (C=O) groups is 1. The van der Waals surface area contributed by atoms with E-state index >= 15 is 0 Å². The Morgan fingerprint density at radius 3 is 2.52 bits per heavy atom. The molecule has 1 heterocycles. The lowest BCUT2D eigenvalue weighted by atomic mass is 10.1. The summed E-state index contributed by atoms with van der Waals surface area (Å²) in [6.45, 7) is 7.98. The highest BCUT2D eigenvalue weighted by Gasteiger charge is 2.12. The van der Waals surface area contributed by atoms with Crippen LogP contribution < -0.4 is 10.1 Å². The topological polar surface area (TPSA) is 51.2 Å². The first kappa shape index (κ1) is 17.9. The van der Waals surface area contributed by atoms with E-state index in [0.29, 0.717) is 5.13 Å². The molecule has 0 aliphatic rings. The molecule has 2 aromatic carbocycles. The summed E-state index contributed by atoms with van der Waals surface area (Å²) in [5.74, 6) is 0.532. The fourth-order valence-electron chi connectivity index (χ4n) is 2.70. The second-order valence-corrected chi connectivity index (χ2v) is 8.03. The number of halogens is 1. The van der Waals surface area contributed by atoms with Crippen molar-refractivity contribution in [3.63, 3.8) is 0 Å². The largest absolute Gasteiger partial charge is 0.483 e. The van der Waals surface area contributed by atoms with Gasteiger partial charge in [0.1, 0.15) is 5.75 Å². The molecule has 3 aromatic rings. The van der Waals surface area contributed by atoms with Crippen LogP contribution in [0.15, 0.2) is 28.7 Å². The van der Waals surface area contributed by atoms with E-state index in [2.05, 4.69) is 39.2 Å². The highest BCUT2D eigenvalue weighted by atomic mass is 79.9. The maximum atomic E-state index is 12.2. The minimum Gasteiger partial charge on any atom is -0.483 e. The lowest BCUT2D eigenvalue weighted by Gasteiger charge is -2.12. The molecular weight excluding hydrogens is 400 g/mol. The average Bonchev–Trinajstić information content (AvgIpc) is 2.93. The van der Waals surface area contributed by atoms with Crippen molar-refractivity contribution in [3.05, 3.63) is 51.0 Å². The molecule has 4 nitrogen and oxygen atoms in total. The van der Waals surface area contributed by atoms with E-state index in [0.717, 1.165) is 37.1 Å². The first-order valence-electron chi connectivity index (χ1n) is 7.91. The van der Waals surface area contributed by atoms with Crippen molar-refractivity contribution in [1.29, 1.82) is 0 Å². The van der Waals surface area contributed by atoms with E-state index in [1.807, 2.05) is 39.0 Å². The van der Waals surface area contributed by atoms with Crippen molar-refractivity contribution in [2.75, 3.05) is 11.9 Å². The minimum atomic E-state index is -0.213. The van der Waals surface area contributed by atoms with Gasteiger partial charge in [0, 0.05) is 4.47 Å². The Kier molecular flexibility index (Phi) is 5.11. The molecule has 0 bridgehead atoms. The Morgan fingerprint density at radius 1 is 1.16 bits per heavy atom. The van der Waals surface area contributed by atoms with Crippen LogP contribution in [0.1, 0.15) is 22.3 Å². The molecule has 0 aliphatic heterocycles. The van der Waals surface area contributed by atoms with Gasteiger partial charge in [-0.05, 0) is 68.1 Å². The van der Waals surface area contributed by atoms with Crippen LogP contribution in [0, 0.1) is 27.7 Å². The quantitative estimate of drug-likeness (QED) is 0.624. The standard InChI is InChI=1S/C19H19BrN2O2S/c1-10-5-6-15-17(13(10)4)22-19(25-15)21-16(23)9-24-18-11(2)7-14(20)8-12(18)3/h5-8H,9H2,1-4H3,(H,21,22,23). The monoisotopic (exact) mass is 418 g/mol. The highest BCUT2D eigenvalue weighted by Crippen LogP contribution is 2.30. The van der Waals surface area contributed by atoms with E-state index < -0.39 is 0 Å². The van der Waals surface area contributed by atoms with Gasteiger partial charge in [-0.2, -0.15) is 0 Å². The molecule has 130 valence electrons. The third-order valence-electron chi connectivity index (χ3n) is 4.10. The number of aryl methyl sites for hydroxylation is 4. The number of ether oxygens (including phenoxy) is 1. The first-order chi connectivity index (χ1) is 11.8. The summed E-state index contributed by atoms with van der Waals surface area (Å²) in [5, 5.41) is 3.43. The predicted octanol–water partition coefficient (Wildman–Crippen LogP) is 5.31. The van der Waals surface area contributed by atoms with Crippen molar-refractivity contribution >= 4 is 48.5 Å². The number of anilines is 1. The maximum Gasteiger partial charge on any atom is 0.264 e. The maximum absolute atomic E-state index is 12.2. The van der Waals surface area contributed by atoms with Gasteiger partial charge in [0.25, 0.3) is 5.91 Å². The molecule has 0 aliphatic carbocycles. The number of benzene rings is 2. The molecule has 0 saturated heterocycles. The van der Waals surface area contributed by atoms with Crippen molar-refractivity contribution in [2.45, 2.75) is 27.7 Å². The van der Waals surface area contributed by atoms with Gasteiger partial charge in [-0.1, -0.05) is 33.3 Å². The number of rotatable bonds is 4. The molecule has 1 amide bonds. The number of hydrogen-bond donors (Lipinski definition) is 1. The summed E-state index contributed by atoms with van der Waals surface area (Å²) in [6.07, 6.45) is 0. The van der Waals surface area contributed by atoms with Crippen molar-refractivity contribution in [1.82, 2.24) is 4.98 Å². The minimum absolute atomic E-state index is 0.0444. The van der Waals surface area contributed by atoms with Gasteiger partial charge in [0.05, 0.1) is 10.2 Å². The molecule has 0 unspecified atom stereocenters. The molecule has 25 heavy (non-hydrogen) atoms. The molecule has 0 saturated carbocycles. The van der Waals surface area contributed by atoms with Crippen LogP contribution in [0.25, 0.3) is 10.2 Å². The Balaban J connectivity index is 1.70. The number of nitrogens with zero attached hydrogens (tertiary/aromatic N) is 1. The molecule has 0 radical (unpaired) electrons. The zero-order valence-electron chi connectivity index (χ0n) is 14.6. The molecule has 1 N–H and O–H groups in total. The molecule has 1 aromatic heterocycles. The number of amides is 1. The molecule has 6 heteroatoms. The predicted molar refractivity (Wildman–Crippen MR) is 107 cm³/mol. The van der Waals surface area contributed by atoms with Gasteiger partial charge in [-0.3, -0.25) is 10.1 Å². The van der Waals surface area contributed by atoms with Gasteiger partial charge in [-0.25, -0.2) is 4.98 Å². The highest BCUT2D eigenvalue weighted by molar-refractivity contribution is 9.10. The number of fused-ring (bicyclic) bond motifs is 1. The lowest BCUT2D eigenvalue weighted by molar-refractivity contribution is -0.118. The Morgan fingerprint density at radius 2 is 1.84 bits per heavy atom. The zero-order valence-corrected chi connectivity index (χ0v) is 17.0. The van der Waals surface area contributed by atoms with Gasteiger partial charge >= 0.3 is 0 Å². The molecule has 0 fully saturated rings. The number of hydrogen-bond acceptors (Lipinski definition) is 4. The number of aromatic nitrogens is 1. The van der Waals surface area contributed by atoms with Crippen LogP contribution in [-0.2, 0) is 4.79 Å². The normalized spacial score (nSPS) is 10.9. The van der Waals surface area contributed by atoms with E-state index in [4.69, 9.17) is 4.74 Å². The average molecular weight is 419 g/mol. The Labute approximate surface area is 159 Å². The molecule has 0 spiro atoms. The lowest BCUT2D eigenvalue weighted by Crippen LogP contribution is -2.20. The van der Waals surface area contributed by atoms with Crippen molar-refractivity contribution < 1.29 is 9.53 Å². The van der Waals surface area contributed by atoms with Crippen LogP contribution in [0.3, 0.4) is 0 Å². The van der Waals surface area contributed by atoms with Crippen LogP contribution in [0.4, 0.5) is 5.13 Å². The fraction of sp³-hybridized carbons (Fsp3) is 0.263. The van der Waals surface area contributed by atoms with Gasteiger partial charge in [-0.15, -0.1) is 0 Å². The summed E-state index contributed by atoms with van der Waals surface area (Å²) in [4.78, 5) is 16.8. The Hall–Kier alpha value is -1.92. The third kappa shape index (κ3) is 3.85. The van der Waals surface area contributed by atoms with Gasteiger partial charge in [0.2, 0.25) is 0 Å². The third-order valence-corrected chi connectivity index (χ3v) is 5.50. The van der Waals surface area contributed by atoms with E-state index in [1.54, 1.807) is 0 Å². The summed E-state index contributed by atoms with van der Waals surface area (Å²) in [5.41, 5.74) is 5.27. The van der Waals surface area contributed by atoms with E-state index in [-0.39, 0.29) is 12.5 Å². The smallest absolute Gasteiger partial charge is 0.264 e. The number of thiazole rings is 1.